The summed E-state index contributed by atoms with van der Waals surface area (Å²) in [5.41, 5.74) is -0.106. The number of nitrogens with zero attached hydrogens (tertiary/aromatic N) is 1. The van der Waals surface area contributed by atoms with Crippen LogP contribution < -0.4 is 16.2 Å². The number of nitrogens with one attached hydrogen (secondary N) is 3. The Balaban J connectivity index is 1.65. The molecule has 0 spiro atoms. The topological polar surface area (TPSA) is 79.0 Å². The molecule has 0 amide bonds. The number of ether oxygens (including phenoxy) is 1. The molecule has 1 saturated heterocycles. The fraction of sp³-hybridized carbons (Fsp3) is 0.714. The summed E-state index contributed by atoms with van der Waals surface area (Å²) in [4.78, 5) is 18.4. The Hall–Kier alpha value is -1.40. The molecule has 0 bridgehead atoms. The summed E-state index contributed by atoms with van der Waals surface area (Å²) in [6, 6.07) is 1.49. The molecule has 20 heavy (non-hydrogen) atoms. The van der Waals surface area contributed by atoms with E-state index in [2.05, 4.69) is 20.6 Å². The second-order valence-electron chi connectivity index (χ2n) is 5.03. The van der Waals surface area contributed by atoms with Crippen molar-refractivity contribution < 1.29 is 4.74 Å². The van der Waals surface area contributed by atoms with Crippen molar-refractivity contribution in [1.29, 1.82) is 0 Å². The lowest BCUT2D eigenvalue weighted by Crippen LogP contribution is -2.32. The van der Waals surface area contributed by atoms with Crippen molar-refractivity contribution in [3.63, 3.8) is 0 Å². The molecule has 2 rings (SSSR count). The Morgan fingerprint density at radius 1 is 1.45 bits per heavy atom. The Morgan fingerprint density at radius 3 is 3.00 bits per heavy atom. The van der Waals surface area contributed by atoms with Crippen molar-refractivity contribution in [3.8, 4) is 0 Å². The zero-order valence-corrected chi connectivity index (χ0v) is 12.1. The van der Waals surface area contributed by atoms with Gasteiger partial charge in [-0.1, -0.05) is 6.92 Å². The third-order valence-corrected chi connectivity index (χ3v) is 3.39. The van der Waals surface area contributed by atoms with E-state index in [1.54, 1.807) is 0 Å². The summed E-state index contributed by atoms with van der Waals surface area (Å²) >= 11 is 0. The van der Waals surface area contributed by atoms with Gasteiger partial charge in [-0.3, -0.25) is 4.79 Å². The van der Waals surface area contributed by atoms with Crippen molar-refractivity contribution in [2.24, 2.45) is 0 Å². The quantitative estimate of drug-likeness (QED) is 0.647. The average Bonchev–Trinajstić information content (AvgIpc) is 2.47. The number of aromatic nitrogens is 2. The molecular weight excluding hydrogens is 256 g/mol. The van der Waals surface area contributed by atoms with Crippen LogP contribution in [0.15, 0.2) is 10.9 Å². The number of anilines is 1. The first-order valence-electron chi connectivity index (χ1n) is 7.44. The molecule has 3 N–H and O–H groups in total. The molecule has 0 unspecified atom stereocenters. The molecule has 1 aromatic rings. The highest BCUT2D eigenvalue weighted by Gasteiger charge is 2.12. The molecule has 1 aromatic heterocycles. The van der Waals surface area contributed by atoms with Gasteiger partial charge < -0.3 is 20.4 Å². The first-order valence-corrected chi connectivity index (χ1v) is 7.44. The van der Waals surface area contributed by atoms with E-state index >= 15 is 0 Å². The minimum atomic E-state index is -0.106. The zero-order chi connectivity index (χ0) is 14.2. The van der Waals surface area contributed by atoms with Crippen LogP contribution in [-0.4, -0.2) is 42.3 Å². The summed E-state index contributed by atoms with van der Waals surface area (Å²) in [5, 5.41) is 6.50. The van der Waals surface area contributed by atoms with Crippen molar-refractivity contribution in [3.05, 3.63) is 22.2 Å². The number of aromatic amines is 1. The van der Waals surface area contributed by atoms with Gasteiger partial charge in [0, 0.05) is 25.6 Å². The SMILES string of the molecule is CCc1nc(NCCCOC2CCNCC2)cc(=O)[nH]1. The maximum Gasteiger partial charge on any atom is 0.252 e. The molecule has 0 atom stereocenters. The van der Waals surface area contributed by atoms with Crippen LogP contribution in [0.25, 0.3) is 0 Å². The highest BCUT2D eigenvalue weighted by atomic mass is 16.5. The maximum absolute atomic E-state index is 11.4. The molecule has 112 valence electrons. The monoisotopic (exact) mass is 280 g/mol. The number of H-pyrrole nitrogens is 1. The van der Waals surface area contributed by atoms with Crippen LogP contribution in [0, 0.1) is 0 Å². The number of hydrogen-bond acceptors (Lipinski definition) is 5. The molecule has 6 nitrogen and oxygen atoms in total. The van der Waals surface area contributed by atoms with Crippen LogP contribution >= 0.6 is 0 Å². The summed E-state index contributed by atoms with van der Waals surface area (Å²) in [6.45, 7) is 5.60. The Labute approximate surface area is 119 Å². The number of piperidine rings is 1. The van der Waals surface area contributed by atoms with Crippen LogP contribution in [0.4, 0.5) is 5.82 Å². The van der Waals surface area contributed by atoms with Gasteiger partial charge in [0.15, 0.2) is 0 Å². The normalized spacial score (nSPS) is 16.2. The lowest BCUT2D eigenvalue weighted by molar-refractivity contribution is 0.0329. The van der Waals surface area contributed by atoms with Gasteiger partial charge in [-0.25, -0.2) is 4.98 Å². The molecule has 0 aromatic carbocycles. The summed E-state index contributed by atoms with van der Waals surface area (Å²) < 4.78 is 5.82. The fourth-order valence-corrected chi connectivity index (χ4v) is 2.27. The Kier molecular flexibility index (Phi) is 6.01. The summed E-state index contributed by atoms with van der Waals surface area (Å²) in [7, 11) is 0. The number of hydrogen-bond donors (Lipinski definition) is 3. The van der Waals surface area contributed by atoms with E-state index in [4.69, 9.17) is 4.74 Å². The first kappa shape index (κ1) is 15.0. The Bertz CT molecular complexity index is 455. The predicted octanol–water partition coefficient (Wildman–Crippen LogP) is 0.903. The molecule has 1 aliphatic rings. The van der Waals surface area contributed by atoms with Crippen molar-refractivity contribution in [2.45, 2.75) is 38.7 Å². The van der Waals surface area contributed by atoms with Gasteiger partial charge in [-0.15, -0.1) is 0 Å². The fourth-order valence-electron chi connectivity index (χ4n) is 2.27. The van der Waals surface area contributed by atoms with Crippen LogP contribution in [0.1, 0.15) is 32.0 Å². The van der Waals surface area contributed by atoms with E-state index < -0.39 is 0 Å². The molecule has 1 aliphatic heterocycles. The smallest absolute Gasteiger partial charge is 0.252 e. The van der Waals surface area contributed by atoms with E-state index in [1.165, 1.54) is 6.07 Å². The van der Waals surface area contributed by atoms with E-state index in [0.717, 1.165) is 51.9 Å². The lowest BCUT2D eigenvalue weighted by atomic mass is 10.1. The second-order valence-corrected chi connectivity index (χ2v) is 5.03. The number of rotatable bonds is 7. The van der Waals surface area contributed by atoms with Crippen LogP contribution in [-0.2, 0) is 11.2 Å². The highest BCUT2D eigenvalue weighted by Crippen LogP contribution is 2.07. The average molecular weight is 280 g/mol. The maximum atomic E-state index is 11.4. The van der Waals surface area contributed by atoms with Gasteiger partial charge in [-0.2, -0.15) is 0 Å². The van der Waals surface area contributed by atoms with Crippen molar-refractivity contribution in [1.82, 2.24) is 15.3 Å². The summed E-state index contributed by atoms with van der Waals surface area (Å²) in [6.07, 6.45) is 4.25. The van der Waals surface area contributed by atoms with Crippen LogP contribution in [0.5, 0.6) is 0 Å². The van der Waals surface area contributed by atoms with E-state index in [9.17, 15) is 4.79 Å². The third-order valence-electron chi connectivity index (χ3n) is 3.39. The predicted molar refractivity (Wildman–Crippen MR) is 79.2 cm³/mol. The van der Waals surface area contributed by atoms with Gasteiger partial charge in [0.05, 0.1) is 6.10 Å². The van der Waals surface area contributed by atoms with E-state index in [-0.39, 0.29) is 5.56 Å². The third kappa shape index (κ3) is 4.94. The minimum absolute atomic E-state index is 0.106. The largest absolute Gasteiger partial charge is 0.378 e. The molecule has 2 heterocycles. The van der Waals surface area contributed by atoms with Gasteiger partial charge in [0.1, 0.15) is 11.6 Å². The van der Waals surface area contributed by atoms with Gasteiger partial charge in [0.2, 0.25) is 0 Å². The molecule has 0 aliphatic carbocycles. The first-order chi connectivity index (χ1) is 9.78. The molecule has 6 heteroatoms. The van der Waals surface area contributed by atoms with Gasteiger partial charge in [0.25, 0.3) is 5.56 Å². The summed E-state index contributed by atoms with van der Waals surface area (Å²) in [5.74, 6) is 1.36. The van der Waals surface area contributed by atoms with Crippen LogP contribution in [0.3, 0.4) is 0 Å². The molecule has 1 fully saturated rings. The number of aryl methyl sites for hydroxylation is 1. The van der Waals surface area contributed by atoms with E-state index in [0.29, 0.717) is 17.7 Å². The van der Waals surface area contributed by atoms with E-state index in [1.807, 2.05) is 6.92 Å². The van der Waals surface area contributed by atoms with Crippen LogP contribution in [0.2, 0.25) is 0 Å². The molecular formula is C14H24N4O2. The Morgan fingerprint density at radius 2 is 2.25 bits per heavy atom. The standard InChI is InChI=1S/C14H24N4O2/c1-2-12-17-13(10-14(19)18-12)16-6-3-9-20-11-4-7-15-8-5-11/h10-11,15H,2-9H2,1H3,(H2,16,17,18,19). The van der Waals surface area contributed by atoms with Crippen molar-refractivity contribution in [2.75, 3.05) is 31.6 Å². The minimum Gasteiger partial charge on any atom is -0.378 e. The van der Waals surface area contributed by atoms with Crippen molar-refractivity contribution >= 4 is 5.82 Å². The molecule has 0 radical (unpaired) electrons. The zero-order valence-electron chi connectivity index (χ0n) is 12.1. The lowest BCUT2D eigenvalue weighted by Gasteiger charge is -2.22. The van der Waals surface area contributed by atoms with Gasteiger partial charge in [-0.05, 0) is 32.4 Å². The van der Waals surface area contributed by atoms with Gasteiger partial charge >= 0.3 is 0 Å². The molecule has 0 saturated carbocycles. The second kappa shape index (κ2) is 8.01. The highest BCUT2D eigenvalue weighted by molar-refractivity contribution is 5.32.